The van der Waals surface area contributed by atoms with Crippen LogP contribution in [0.15, 0.2) is 0 Å². The number of rotatable bonds is 4. The first kappa shape index (κ1) is 13.0. The Labute approximate surface area is 95.0 Å². The third kappa shape index (κ3) is 4.12. The van der Waals surface area contributed by atoms with Gasteiger partial charge in [0.15, 0.2) is 0 Å². The van der Waals surface area contributed by atoms with Crippen molar-refractivity contribution in [3.63, 3.8) is 0 Å². The molecule has 2 unspecified atom stereocenters. The predicted molar refractivity (Wildman–Crippen MR) is 66.9 cm³/mol. The van der Waals surface area contributed by atoms with E-state index >= 15 is 0 Å². The zero-order chi connectivity index (χ0) is 11.5. The number of nitrogens with one attached hydrogen (secondary N) is 1. The third-order valence-corrected chi connectivity index (χ3v) is 3.45. The van der Waals surface area contributed by atoms with Crippen LogP contribution in [0.4, 0.5) is 0 Å². The molecule has 0 saturated heterocycles. The van der Waals surface area contributed by atoms with Crippen LogP contribution in [0.25, 0.3) is 0 Å². The zero-order valence-corrected chi connectivity index (χ0v) is 10.9. The van der Waals surface area contributed by atoms with Crippen molar-refractivity contribution < 1.29 is 0 Å². The Morgan fingerprint density at radius 2 is 1.93 bits per heavy atom. The van der Waals surface area contributed by atoms with Crippen molar-refractivity contribution in [1.82, 2.24) is 5.32 Å². The fraction of sp³-hybridized carbons (Fsp3) is 1.00. The lowest BCUT2D eigenvalue weighted by molar-refractivity contribution is 0.0829. The lowest BCUT2D eigenvalue weighted by atomic mass is 9.63. The summed E-state index contributed by atoms with van der Waals surface area (Å²) in [6, 6.07) is 0.391. The number of hydrogen-bond donors (Lipinski definition) is 2. The molecule has 0 amide bonds. The van der Waals surface area contributed by atoms with Crippen LogP contribution < -0.4 is 11.1 Å². The summed E-state index contributed by atoms with van der Waals surface area (Å²) in [5.74, 6) is 0. The van der Waals surface area contributed by atoms with Gasteiger partial charge in [0.05, 0.1) is 0 Å². The fourth-order valence-electron chi connectivity index (χ4n) is 3.42. The van der Waals surface area contributed by atoms with E-state index in [1.165, 1.54) is 25.7 Å². The third-order valence-electron chi connectivity index (χ3n) is 3.45. The van der Waals surface area contributed by atoms with Gasteiger partial charge in [-0.1, -0.05) is 27.7 Å². The highest BCUT2D eigenvalue weighted by Crippen LogP contribution is 2.45. The minimum atomic E-state index is 0.391. The second kappa shape index (κ2) is 4.84. The smallest absolute Gasteiger partial charge is 0.00495 e. The maximum absolute atomic E-state index is 6.16. The van der Waals surface area contributed by atoms with Crippen LogP contribution >= 0.6 is 0 Å². The molecular formula is C13H28N2. The van der Waals surface area contributed by atoms with Crippen LogP contribution in [-0.4, -0.2) is 19.1 Å². The van der Waals surface area contributed by atoms with Crippen LogP contribution in [-0.2, 0) is 0 Å². The van der Waals surface area contributed by atoms with Crippen molar-refractivity contribution in [2.24, 2.45) is 16.6 Å². The molecule has 0 aromatic carbocycles. The first-order valence-electron chi connectivity index (χ1n) is 6.33. The average Bonchev–Trinajstić information content (AvgIpc) is 1.98. The van der Waals surface area contributed by atoms with Gasteiger partial charge in [0.25, 0.3) is 0 Å². The summed E-state index contributed by atoms with van der Waals surface area (Å²) in [5.41, 5.74) is 6.98. The van der Waals surface area contributed by atoms with E-state index in [2.05, 4.69) is 33.0 Å². The van der Waals surface area contributed by atoms with Gasteiger partial charge in [-0.3, -0.25) is 0 Å². The monoisotopic (exact) mass is 212 g/mol. The van der Waals surface area contributed by atoms with E-state index in [1.807, 2.05) is 0 Å². The molecule has 0 heterocycles. The van der Waals surface area contributed by atoms with Gasteiger partial charge in [-0.05, 0) is 43.1 Å². The first-order valence-corrected chi connectivity index (χ1v) is 6.33. The highest BCUT2D eigenvalue weighted by molar-refractivity contribution is 4.94. The maximum atomic E-state index is 6.16. The van der Waals surface area contributed by atoms with Gasteiger partial charge >= 0.3 is 0 Å². The highest BCUT2D eigenvalue weighted by atomic mass is 14.9. The molecule has 0 aromatic rings. The number of hydrogen-bond acceptors (Lipinski definition) is 2. The molecule has 1 fully saturated rings. The quantitative estimate of drug-likeness (QED) is 0.703. The van der Waals surface area contributed by atoms with Crippen LogP contribution in [0.5, 0.6) is 0 Å². The molecule has 15 heavy (non-hydrogen) atoms. The molecule has 2 atom stereocenters. The summed E-state index contributed by atoms with van der Waals surface area (Å²) in [5, 5.41) is 3.55. The van der Waals surface area contributed by atoms with Crippen molar-refractivity contribution >= 4 is 0 Å². The van der Waals surface area contributed by atoms with Gasteiger partial charge < -0.3 is 11.1 Å². The summed E-state index contributed by atoms with van der Waals surface area (Å²) >= 11 is 0. The van der Waals surface area contributed by atoms with E-state index in [9.17, 15) is 0 Å². The molecule has 1 saturated carbocycles. The van der Waals surface area contributed by atoms with Crippen molar-refractivity contribution in [3.8, 4) is 0 Å². The summed E-state index contributed by atoms with van der Waals surface area (Å²) < 4.78 is 0. The number of nitrogens with two attached hydrogens (primary N) is 1. The first-order chi connectivity index (χ1) is 6.87. The van der Waals surface area contributed by atoms with Crippen LogP contribution in [0, 0.1) is 10.8 Å². The fourth-order valence-corrected chi connectivity index (χ4v) is 3.42. The highest BCUT2D eigenvalue weighted by Gasteiger charge is 2.39. The Morgan fingerprint density at radius 1 is 1.27 bits per heavy atom. The molecule has 1 rings (SSSR count). The van der Waals surface area contributed by atoms with E-state index in [0.717, 1.165) is 13.1 Å². The SMILES string of the molecule is CCCNCC1(C)CC(N)CC(C)(C)C1. The van der Waals surface area contributed by atoms with Crippen molar-refractivity contribution in [3.05, 3.63) is 0 Å². The Hall–Kier alpha value is -0.0800. The van der Waals surface area contributed by atoms with E-state index < -0.39 is 0 Å². The summed E-state index contributed by atoms with van der Waals surface area (Å²) in [4.78, 5) is 0. The van der Waals surface area contributed by atoms with Gasteiger partial charge in [0, 0.05) is 12.6 Å². The predicted octanol–water partition coefficient (Wildman–Crippen LogP) is 2.53. The molecule has 0 bridgehead atoms. The topological polar surface area (TPSA) is 38.0 Å². The van der Waals surface area contributed by atoms with Gasteiger partial charge in [-0.15, -0.1) is 0 Å². The van der Waals surface area contributed by atoms with Gasteiger partial charge in [-0.2, -0.15) is 0 Å². The minimum absolute atomic E-state index is 0.391. The molecule has 0 aliphatic heterocycles. The van der Waals surface area contributed by atoms with Crippen LogP contribution in [0.2, 0.25) is 0 Å². The second-order valence-corrected chi connectivity index (χ2v) is 6.50. The molecule has 0 spiro atoms. The maximum Gasteiger partial charge on any atom is 0.00495 e. The van der Waals surface area contributed by atoms with Gasteiger partial charge in [-0.25, -0.2) is 0 Å². The molecular weight excluding hydrogens is 184 g/mol. The van der Waals surface area contributed by atoms with Gasteiger partial charge in [0.2, 0.25) is 0 Å². The molecule has 0 aromatic heterocycles. The molecule has 1 aliphatic rings. The van der Waals surface area contributed by atoms with E-state index in [-0.39, 0.29) is 0 Å². The standard InChI is InChI=1S/C13H28N2/c1-5-6-15-10-13(4)8-11(14)7-12(2,3)9-13/h11,15H,5-10,14H2,1-4H3. The average molecular weight is 212 g/mol. The molecule has 2 nitrogen and oxygen atoms in total. The Morgan fingerprint density at radius 3 is 2.47 bits per heavy atom. The Balaban J connectivity index is 2.51. The minimum Gasteiger partial charge on any atom is -0.328 e. The molecule has 1 aliphatic carbocycles. The van der Waals surface area contributed by atoms with Gasteiger partial charge in [0.1, 0.15) is 0 Å². The molecule has 2 heteroatoms. The molecule has 90 valence electrons. The lowest BCUT2D eigenvalue weighted by Crippen LogP contribution is -2.46. The Bertz CT molecular complexity index is 201. The zero-order valence-electron chi connectivity index (χ0n) is 10.9. The van der Waals surface area contributed by atoms with E-state index in [0.29, 0.717) is 16.9 Å². The van der Waals surface area contributed by atoms with Crippen LogP contribution in [0.3, 0.4) is 0 Å². The van der Waals surface area contributed by atoms with Crippen LogP contribution in [0.1, 0.15) is 53.4 Å². The molecule has 0 radical (unpaired) electrons. The summed E-state index contributed by atoms with van der Waals surface area (Å²) in [6.07, 6.45) is 4.86. The van der Waals surface area contributed by atoms with E-state index in [1.54, 1.807) is 0 Å². The normalized spacial score (nSPS) is 35.4. The van der Waals surface area contributed by atoms with Crippen molar-refractivity contribution in [2.75, 3.05) is 13.1 Å². The lowest BCUT2D eigenvalue weighted by Gasteiger charge is -2.46. The summed E-state index contributed by atoms with van der Waals surface area (Å²) in [6.45, 7) is 11.6. The van der Waals surface area contributed by atoms with E-state index in [4.69, 9.17) is 5.73 Å². The largest absolute Gasteiger partial charge is 0.328 e. The molecule has 3 N–H and O–H groups in total. The van der Waals surface area contributed by atoms with Crippen molar-refractivity contribution in [2.45, 2.75) is 59.4 Å². The summed E-state index contributed by atoms with van der Waals surface area (Å²) in [7, 11) is 0. The Kier molecular flexibility index (Phi) is 4.19. The van der Waals surface area contributed by atoms with Crippen molar-refractivity contribution in [1.29, 1.82) is 0 Å². The second-order valence-electron chi connectivity index (χ2n) is 6.50.